The van der Waals surface area contributed by atoms with Crippen LogP contribution < -0.4 is 16.0 Å². The molecule has 524 valence electrons. The molecule has 6 rings (SSSR count). The molecule has 6 aliphatic rings. The number of carboxylic acids is 3. The van der Waals surface area contributed by atoms with Crippen molar-refractivity contribution in [1.82, 2.24) is 16.0 Å². The molecule has 91 heavy (non-hydrogen) atoms. The molecule has 6 aliphatic heterocycles. The van der Waals surface area contributed by atoms with Crippen LogP contribution in [0.2, 0.25) is 0 Å². The van der Waals surface area contributed by atoms with Gasteiger partial charge in [-0.25, -0.2) is 26.9 Å². The van der Waals surface area contributed by atoms with Crippen molar-refractivity contribution in [2.75, 3.05) is 19.8 Å². The largest absolute Gasteiger partial charge is 0.479 e. The van der Waals surface area contributed by atoms with Gasteiger partial charge in [-0.3, -0.25) is 28.0 Å². The maximum absolute atomic E-state index is 13.1. The van der Waals surface area contributed by atoms with Crippen molar-refractivity contribution in [3.63, 3.8) is 0 Å². The summed E-state index contributed by atoms with van der Waals surface area (Å²) in [6, 6.07) is -6.74. The highest BCUT2D eigenvalue weighted by Gasteiger charge is 2.61. The van der Waals surface area contributed by atoms with E-state index < -0.39 is 271 Å². The second kappa shape index (κ2) is 30.5. The number of aliphatic carboxylic acids is 3. The van der Waals surface area contributed by atoms with Gasteiger partial charge in [-0.1, -0.05) is 0 Å². The normalized spacial score (nSPS) is 42.6. The lowest BCUT2D eigenvalue weighted by Gasteiger charge is -2.51. The number of hydrogen-bond acceptors (Lipinski definition) is 37. The molecule has 0 spiro atoms. The van der Waals surface area contributed by atoms with Crippen LogP contribution in [0.5, 0.6) is 0 Å². The number of aliphatic hydroxyl groups is 11. The van der Waals surface area contributed by atoms with Gasteiger partial charge in [-0.2, -0.15) is 25.3 Å². The molecule has 0 aliphatic carbocycles. The zero-order valence-corrected chi connectivity index (χ0v) is 48.8. The number of carbonyl (C=O) groups excluding carboxylic acids is 3. The van der Waals surface area contributed by atoms with Crippen LogP contribution in [-0.2, 0) is 125 Å². The number of hydrogen-bond donors (Lipinski definition) is 20. The third-order valence-corrected chi connectivity index (χ3v) is 15.5. The van der Waals surface area contributed by atoms with E-state index >= 15 is 0 Å². The van der Waals surface area contributed by atoms with E-state index in [9.17, 15) is 139 Å². The van der Waals surface area contributed by atoms with Crippen molar-refractivity contribution in [2.45, 2.75) is 205 Å². The molecule has 0 bridgehead atoms. The van der Waals surface area contributed by atoms with E-state index in [1.165, 1.54) is 0 Å². The highest BCUT2D eigenvalue weighted by atomic mass is 32.3. The topological polar surface area (TPSA) is 714 Å². The monoisotopic (exact) mass is 1400 g/mol. The van der Waals surface area contributed by atoms with Crippen LogP contribution in [0.4, 0.5) is 0 Å². The molecule has 0 aromatic carbocycles. The van der Waals surface area contributed by atoms with E-state index in [-0.39, 0.29) is 0 Å². The van der Waals surface area contributed by atoms with E-state index in [4.69, 9.17) is 56.3 Å². The number of amides is 3. The third-order valence-electron chi connectivity index (χ3n) is 14.2. The van der Waals surface area contributed by atoms with Gasteiger partial charge in [0.2, 0.25) is 17.7 Å². The molecular weight excluding hydrogens is 1330 g/mol. The number of rotatable bonds is 25. The number of carboxylic acid groups (broad SMARTS) is 3. The smallest absolute Gasteiger partial charge is 0.397 e. The Morgan fingerprint density at radius 2 is 0.626 bits per heavy atom. The maximum atomic E-state index is 13.1. The molecular formula is C42H65N3O43S3. The summed E-state index contributed by atoms with van der Waals surface area (Å²) in [5, 5.41) is 157. The Balaban J connectivity index is 1.34. The molecule has 49 heteroatoms. The van der Waals surface area contributed by atoms with Crippen molar-refractivity contribution >= 4 is 66.8 Å². The fourth-order valence-corrected chi connectivity index (χ4v) is 11.9. The van der Waals surface area contributed by atoms with Crippen LogP contribution in [-0.4, -0.2) is 350 Å². The van der Waals surface area contributed by atoms with Crippen LogP contribution >= 0.6 is 0 Å². The van der Waals surface area contributed by atoms with Gasteiger partial charge in [-0.05, 0) is 0 Å². The van der Waals surface area contributed by atoms with E-state index in [1.807, 2.05) is 0 Å². The zero-order valence-electron chi connectivity index (χ0n) is 46.4. The summed E-state index contributed by atoms with van der Waals surface area (Å²) in [7, 11) is -17.1. The summed E-state index contributed by atoms with van der Waals surface area (Å²) < 4.78 is 176. The highest BCUT2D eigenvalue weighted by Crippen LogP contribution is 2.39. The molecule has 6 heterocycles. The fourth-order valence-electron chi connectivity index (χ4n) is 10.4. The van der Waals surface area contributed by atoms with Gasteiger partial charge >= 0.3 is 49.1 Å². The molecule has 0 aromatic rings. The molecule has 3 amide bonds. The van der Waals surface area contributed by atoms with Crippen LogP contribution in [0.15, 0.2) is 0 Å². The molecule has 30 atom stereocenters. The van der Waals surface area contributed by atoms with Gasteiger partial charge in [0.05, 0.1) is 19.8 Å². The average molecular weight is 1400 g/mol. The van der Waals surface area contributed by atoms with E-state index in [1.54, 1.807) is 0 Å². The molecule has 20 N–H and O–H groups in total. The Hall–Kier alpha value is -4.45. The number of aliphatic hydroxyl groups excluding tert-OH is 11. The summed E-state index contributed by atoms with van der Waals surface area (Å²) in [5.41, 5.74) is 0. The minimum Gasteiger partial charge on any atom is -0.479 e. The minimum atomic E-state index is -5.84. The summed E-state index contributed by atoms with van der Waals surface area (Å²) in [4.78, 5) is 76.2. The van der Waals surface area contributed by atoms with Crippen molar-refractivity contribution < 1.29 is 204 Å². The highest BCUT2D eigenvalue weighted by molar-refractivity contribution is 7.81. The lowest BCUT2D eigenvalue weighted by molar-refractivity contribution is -0.375. The van der Waals surface area contributed by atoms with E-state index in [0.717, 1.165) is 13.8 Å². The van der Waals surface area contributed by atoms with Gasteiger partial charge in [0, 0.05) is 20.8 Å². The number of carbonyl (C=O) groups is 6. The predicted molar refractivity (Wildman–Crippen MR) is 267 cm³/mol. The molecule has 0 saturated carbocycles. The first kappa shape index (κ1) is 75.6. The number of nitrogens with one attached hydrogen (secondary N) is 3. The lowest BCUT2D eigenvalue weighted by atomic mass is 9.93. The van der Waals surface area contributed by atoms with Crippen molar-refractivity contribution in [3.8, 4) is 0 Å². The Labute approximate surface area is 510 Å². The standard InChI is InChI=1S/C42H65N3O43S3/c1-7(49)43-13-16(52)23(86-89(66,67)68)10(4-46)75-38(13)81-29-18(54)21(57)41(84-32(29)35(61)62)80-27-15(45-9(3)51)40(77-12(6-48)25(27)88-91(72,73)74)83-30-19(55)22(58)42(85-33(30)36(63)64)79-26-14(44-8(2)50)39(76-11(5-47)24(26)87-90(69,70)71)82-28-17(53)20(56)37(65)78-31(28)34(59)60/h10-33,37-42,46-48,52-58,65H,4-6H2,1-3H3,(H,43,49)(H,44,50)(H,45,51)(H,59,60)(H,61,62)(H,63,64)(H,66,67,68)(H,69,70,71)(H,72,73,74)/t10-,11-,12-,13-,14-,15-,16?,17-,18-,19-,20-,21-,22-,23+,24+,25+,26-,27-,28+,29+,30+,31+,32+,33+,37-,38+,39+,40+,41-,42+/m1/s1. The predicted octanol–water partition coefficient (Wildman–Crippen LogP) is -13.9. The van der Waals surface area contributed by atoms with Crippen LogP contribution in [0.3, 0.4) is 0 Å². The number of ether oxygens (including phenoxy) is 11. The lowest BCUT2D eigenvalue weighted by Crippen LogP contribution is -2.72. The van der Waals surface area contributed by atoms with Gasteiger partial charge < -0.3 is 140 Å². The Kier molecular flexibility index (Phi) is 25.3. The van der Waals surface area contributed by atoms with Crippen molar-refractivity contribution in [3.05, 3.63) is 0 Å². The molecule has 46 nitrogen and oxygen atoms in total. The van der Waals surface area contributed by atoms with Crippen LogP contribution in [0, 0.1) is 0 Å². The molecule has 0 radical (unpaired) electrons. The van der Waals surface area contributed by atoms with E-state index in [2.05, 4.69) is 24.3 Å². The van der Waals surface area contributed by atoms with Gasteiger partial charge in [-0.15, -0.1) is 0 Å². The molecule has 6 fully saturated rings. The zero-order chi connectivity index (χ0) is 68.4. The Bertz CT molecular complexity index is 2920. The quantitative estimate of drug-likeness (QED) is 0.0377. The Morgan fingerprint density at radius 1 is 0.352 bits per heavy atom. The van der Waals surface area contributed by atoms with E-state index in [0.29, 0.717) is 6.92 Å². The first-order valence-electron chi connectivity index (χ1n) is 26.1. The second-order valence-corrected chi connectivity index (χ2v) is 23.7. The first-order chi connectivity index (χ1) is 42.1. The van der Waals surface area contributed by atoms with Crippen molar-refractivity contribution in [2.24, 2.45) is 0 Å². The van der Waals surface area contributed by atoms with Crippen LogP contribution in [0.1, 0.15) is 20.8 Å². The third kappa shape index (κ3) is 18.3. The molecule has 6 saturated heterocycles. The molecule has 0 aromatic heterocycles. The molecule has 1 unspecified atom stereocenters. The maximum Gasteiger partial charge on any atom is 0.397 e. The summed E-state index contributed by atoms with van der Waals surface area (Å²) in [6.45, 7) is -1.89. The van der Waals surface area contributed by atoms with Gasteiger partial charge in [0.25, 0.3) is 0 Å². The SMILES string of the molecule is CC(=O)N[C@H]1[C@H](O[C@H]2[C@H](O)[C@@H](O)[C@H](O)O[C@@H]2C(=O)O)O[C@H](CO)[C@H](OS(=O)(=O)O)[C@@H]1O[C@H]1O[C@H](C(=O)O)[C@@H](O[C@@H]2O[C@H](CO)[C@H](OS(=O)(=O)O)[C@H](O[C@@H]3O[C@H](C(=O)O)[C@@H](O[C@@H]4O[C@H](CO)[C@H](OS(=O)(=O)O)C(O)[C@H]4NC(C)=O)[C@H](O)[C@H]3O)[C@H]2NC(C)=O)[C@H](O)[C@H]1O. The van der Waals surface area contributed by atoms with Gasteiger partial charge in [0.1, 0.15) is 128 Å². The minimum absolute atomic E-state index is 0.716. The Morgan fingerprint density at radius 3 is 0.934 bits per heavy atom. The summed E-state index contributed by atoms with van der Waals surface area (Å²) in [6.07, 6.45) is -67.8. The fraction of sp³-hybridized carbons (Fsp3) is 0.857. The average Bonchev–Trinajstić information content (AvgIpc) is 0.782. The van der Waals surface area contributed by atoms with Gasteiger partial charge in [0.15, 0.2) is 56.1 Å². The summed E-state index contributed by atoms with van der Waals surface area (Å²) in [5.74, 6) is -9.81. The van der Waals surface area contributed by atoms with Crippen LogP contribution in [0.25, 0.3) is 0 Å². The second-order valence-electron chi connectivity index (χ2n) is 20.6. The summed E-state index contributed by atoms with van der Waals surface area (Å²) >= 11 is 0. The van der Waals surface area contributed by atoms with Crippen molar-refractivity contribution in [1.29, 1.82) is 0 Å². The first-order valence-corrected chi connectivity index (χ1v) is 30.2.